The largest absolute Gasteiger partial charge is 0.311 e. The van der Waals surface area contributed by atoms with E-state index in [1.807, 2.05) is 30.3 Å². The maximum absolute atomic E-state index is 11.9. The fourth-order valence-corrected chi connectivity index (χ4v) is 2.33. The molecular weight excluding hydrogens is 330 g/mol. The molecule has 0 aliphatic heterocycles. The molecular formula is C16H20BrN3O. The molecule has 0 aliphatic rings. The number of hydrogen-bond acceptors (Lipinski definition) is 2. The first-order chi connectivity index (χ1) is 10.2. The average molecular weight is 350 g/mol. The van der Waals surface area contributed by atoms with Crippen molar-refractivity contribution >= 4 is 27.7 Å². The molecule has 0 radical (unpaired) electrons. The van der Waals surface area contributed by atoms with Gasteiger partial charge >= 0.3 is 0 Å². The molecule has 1 aromatic carbocycles. The van der Waals surface area contributed by atoms with E-state index < -0.39 is 0 Å². The summed E-state index contributed by atoms with van der Waals surface area (Å²) >= 11 is 3.42. The fraction of sp³-hybridized carbons (Fsp3) is 0.375. The highest BCUT2D eigenvalue weighted by Gasteiger charge is 2.07. The van der Waals surface area contributed by atoms with E-state index in [-0.39, 0.29) is 5.91 Å². The van der Waals surface area contributed by atoms with E-state index in [9.17, 15) is 4.79 Å². The second-order valence-corrected chi connectivity index (χ2v) is 5.92. The van der Waals surface area contributed by atoms with Crippen LogP contribution in [0.1, 0.15) is 38.2 Å². The van der Waals surface area contributed by atoms with Gasteiger partial charge in [-0.15, -0.1) is 0 Å². The van der Waals surface area contributed by atoms with Gasteiger partial charge in [-0.3, -0.25) is 4.79 Å². The molecule has 0 fully saturated rings. The van der Waals surface area contributed by atoms with Gasteiger partial charge in [0.2, 0.25) is 5.91 Å². The van der Waals surface area contributed by atoms with E-state index in [1.54, 1.807) is 10.9 Å². The second-order valence-electron chi connectivity index (χ2n) is 5.01. The molecule has 2 aromatic rings. The molecule has 0 atom stereocenters. The minimum Gasteiger partial charge on any atom is -0.311 e. The molecule has 0 unspecified atom stereocenters. The van der Waals surface area contributed by atoms with Crippen LogP contribution >= 0.6 is 15.9 Å². The van der Waals surface area contributed by atoms with Crippen molar-refractivity contribution in [3.63, 3.8) is 0 Å². The lowest BCUT2D eigenvalue weighted by atomic mass is 10.2. The van der Waals surface area contributed by atoms with Crippen LogP contribution in [0.5, 0.6) is 0 Å². The molecule has 1 heterocycles. The predicted octanol–water partition coefficient (Wildman–Crippen LogP) is 4.21. The molecule has 0 aliphatic carbocycles. The molecule has 1 N–H and O–H groups in total. The molecule has 112 valence electrons. The van der Waals surface area contributed by atoms with Gasteiger partial charge in [-0.2, -0.15) is 5.10 Å². The van der Waals surface area contributed by atoms with Crippen LogP contribution in [0.15, 0.2) is 41.0 Å². The molecule has 4 nitrogen and oxygen atoms in total. The normalized spacial score (nSPS) is 10.6. The smallest absolute Gasteiger partial charge is 0.225 e. The van der Waals surface area contributed by atoms with Crippen molar-refractivity contribution < 1.29 is 4.79 Å². The standard InChI is InChI=1S/C16H20BrN3O/c1-2-3-4-5-16(21)19-15-10-11-18-20(15)12-13-6-8-14(17)9-7-13/h6-11H,2-5,12H2,1H3,(H,19,21). The SMILES string of the molecule is CCCCCC(=O)Nc1ccnn1Cc1ccc(Br)cc1. The molecule has 2 rings (SSSR count). The van der Waals surface area contributed by atoms with E-state index in [4.69, 9.17) is 0 Å². The average Bonchev–Trinajstić information content (AvgIpc) is 2.89. The first-order valence-corrected chi connectivity index (χ1v) is 8.04. The number of anilines is 1. The number of rotatable bonds is 7. The van der Waals surface area contributed by atoms with Crippen LogP contribution in [0.2, 0.25) is 0 Å². The van der Waals surface area contributed by atoms with Gasteiger partial charge in [0.1, 0.15) is 5.82 Å². The highest BCUT2D eigenvalue weighted by atomic mass is 79.9. The first kappa shape index (κ1) is 15.8. The van der Waals surface area contributed by atoms with Crippen LogP contribution in [0, 0.1) is 0 Å². The summed E-state index contributed by atoms with van der Waals surface area (Å²) in [5.41, 5.74) is 1.14. The number of carbonyl (C=O) groups is 1. The van der Waals surface area contributed by atoms with Crippen LogP contribution in [-0.4, -0.2) is 15.7 Å². The summed E-state index contributed by atoms with van der Waals surface area (Å²) < 4.78 is 2.86. The Morgan fingerprint density at radius 2 is 2.00 bits per heavy atom. The summed E-state index contributed by atoms with van der Waals surface area (Å²) in [6.45, 7) is 2.77. The summed E-state index contributed by atoms with van der Waals surface area (Å²) in [6.07, 6.45) is 5.42. The number of carbonyl (C=O) groups excluding carboxylic acids is 1. The third kappa shape index (κ3) is 5.01. The first-order valence-electron chi connectivity index (χ1n) is 7.25. The second kappa shape index (κ2) is 7.98. The lowest BCUT2D eigenvalue weighted by Gasteiger charge is -2.09. The van der Waals surface area contributed by atoms with Gasteiger partial charge in [-0.05, 0) is 24.1 Å². The molecule has 0 saturated heterocycles. The van der Waals surface area contributed by atoms with Gasteiger partial charge in [-0.1, -0.05) is 47.8 Å². The van der Waals surface area contributed by atoms with Crippen molar-refractivity contribution in [3.8, 4) is 0 Å². The van der Waals surface area contributed by atoms with Crippen LogP contribution in [0.3, 0.4) is 0 Å². The Balaban J connectivity index is 1.95. The van der Waals surface area contributed by atoms with Crippen molar-refractivity contribution in [2.75, 3.05) is 5.32 Å². The maximum Gasteiger partial charge on any atom is 0.225 e. The van der Waals surface area contributed by atoms with Gasteiger partial charge in [0.05, 0.1) is 12.7 Å². The van der Waals surface area contributed by atoms with Crippen molar-refractivity contribution in [2.45, 2.75) is 39.2 Å². The minimum atomic E-state index is 0.0565. The number of aromatic nitrogens is 2. The van der Waals surface area contributed by atoms with Gasteiger partial charge in [0.15, 0.2) is 0 Å². The maximum atomic E-state index is 11.9. The van der Waals surface area contributed by atoms with E-state index in [2.05, 4.69) is 33.3 Å². The van der Waals surface area contributed by atoms with Crippen LogP contribution in [0.4, 0.5) is 5.82 Å². The molecule has 1 aromatic heterocycles. The van der Waals surface area contributed by atoms with E-state index in [0.717, 1.165) is 35.1 Å². The zero-order valence-corrected chi connectivity index (χ0v) is 13.8. The van der Waals surface area contributed by atoms with Crippen molar-refractivity contribution in [1.82, 2.24) is 9.78 Å². The number of halogens is 1. The summed E-state index contributed by atoms with van der Waals surface area (Å²) in [4.78, 5) is 11.9. The van der Waals surface area contributed by atoms with E-state index in [1.165, 1.54) is 0 Å². The van der Waals surface area contributed by atoms with Crippen LogP contribution < -0.4 is 5.32 Å². The summed E-state index contributed by atoms with van der Waals surface area (Å²) in [7, 11) is 0. The molecule has 0 spiro atoms. The van der Waals surface area contributed by atoms with Gasteiger partial charge in [0.25, 0.3) is 0 Å². The number of benzene rings is 1. The van der Waals surface area contributed by atoms with Crippen molar-refractivity contribution in [3.05, 3.63) is 46.6 Å². The number of nitrogens with zero attached hydrogens (tertiary/aromatic N) is 2. The van der Waals surface area contributed by atoms with Gasteiger partial charge < -0.3 is 5.32 Å². The Morgan fingerprint density at radius 3 is 2.71 bits per heavy atom. The number of amides is 1. The molecule has 0 saturated carbocycles. The quantitative estimate of drug-likeness (QED) is 0.761. The number of nitrogens with one attached hydrogen (secondary N) is 1. The lowest BCUT2D eigenvalue weighted by molar-refractivity contribution is -0.116. The Morgan fingerprint density at radius 1 is 1.24 bits per heavy atom. The molecule has 0 bridgehead atoms. The molecule has 1 amide bonds. The number of hydrogen-bond donors (Lipinski definition) is 1. The molecule has 5 heteroatoms. The van der Waals surface area contributed by atoms with E-state index >= 15 is 0 Å². The number of unbranched alkanes of at least 4 members (excludes halogenated alkanes) is 2. The lowest BCUT2D eigenvalue weighted by Crippen LogP contribution is -2.15. The van der Waals surface area contributed by atoms with E-state index in [0.29, 0.717) is 13.0 Å². The Bertz CT molecular complexity index is 577. The Kier molecular flexibility index (Phi) is 5.99. The van der Waals surface area contributed by atoms with Crippen molar-refractivity contribution in [1.29, 1.82) is 0 Å². The topological polar surface area (TPSA) is 46.9 Å². The summed E-state index contributed by atoms with van der Waals surface area (Å²) in [6, 6.07) is 9.91. The van der Waals surface area contributed by atoms with Crippen molar-refractivity contribution in [2.24, 2.45) is 0 Å². The summed E-state index contributed by atoms with van der Waals surface area (Å²) in [5, 5.41) is 7.21. The minimum absolute atomic E-state index is 0.0565. The highest BCUT2D eigenvalue weighted by Crippen LogP contribution is 2.14. The summed E-state index contributed by atoms with van der Waals surface area (Å²) in [5.74, 6) is 0.806. The Hall–Kier alpha value is -1.62. The third-order valence-corrected chi connectivity index (χ3v) is 3.77. The van der Waals surface area contributed by atoms with Gasteiger partial charge in [-0.25, -0.2) is 4.68 Å². The molecule has 21 heavy (non-hydrogen) atoms. The highest BCUT2D eigenvalue weighted by molar-refractivity contribution is 9.10. The zero-order chi connectivity index (χ0) is 15.1. The predicted molar refractivity (Wildman–Crippen MR) is 88.2 cm³/mol. The van der Waals surface area contributed by atoms with Crippen LogP contribution in [-0.2, 0) is 11.3 Å². The zero-order valence-electron chi connectivity index (χ0n) is 12.2. The Labute approximate surface area is 133 Å². The monoisotopic (exact) mass is 349 g/mol. The fourth-order valence-electron chi connectivity index (χ4n) is 2.07. The van der Waals surface area contributed by atoms with Gasteiger partial charge in [0, 0.05) is 17.0 Å². The van der Waals surface area contributed by atoms with Crippen LogP contribution in [0.25, 0.3) is 0 Å². The third-order valence-electron chi connectivity index (χ3n) is 3.24.